The maximum Gasteiger partial charge on any atom is 0.133 e. The molecule has 0 unspecified atom stereocenters. The molecular weight excluding hydrogens is 304 g/mol. The fourth-order valence-corrected chi connectivity index (χ4v) is 2.19. The monoisotopic (exact) mass is 314 g/mol. The molecule has 0 aliphatic heterocycles. The summed E-state index contributed by atoms with van der Waals surface area (Å²) < 4.78 is 1.91. The van der Waals surface area contributed by atoms with Crippen molar-refractivity contribution in [2.24, 2.45) is 0 Å². The Balaban J connectivity index is 2.24. The maximum absolute atomic E-state index is 5.11. The summed E-state index contributed by atoms with van der Waals surface area (Å²) >= 11 is 10.1. The van der Waals surface area contributed by atoms with Gasteiger partial charge in [0.05, 0.1) is 0 Å². The highest BCUT2D eigenvalue weighted by Crippen LogP contribution is 2.22. The molecule has 0 aliphatic carbocycles. The number of nitrogens with one attached hydrogen (secondary N) is 2. The van der Waals surface area contributed by atoms with Crippen molar-refractivity contribution < 1.29 is 0 Å². The van der Waals surface area contributed by atoms with Crippen molar-refractivity contribution in [3.8, 4) is 0 Å². The lowest BCUT2D eigenvalue weighted by atomic mass is 10.2. The van der Waals surface area contributed by atoms with Gasteiger partial charge in [-0.3, -0.25) is 0 Å². The summed E-state index contributed by atoms with van der Waals surface area (Å²) in [5.74, 6) is 0. The van der Waals surface area contributed by atoms with Crippen molar-refractivity contribution >= 4 is 55.1 Å². The Morgan fingerprint density at radius 2 is 2.38 bits per heavy atom. The fourth-order valence-electron chi connectivity index (χ4n) is 1.54. The minimum absolute atomic E-state index is 0.760. The number of thiocarbonyl (C=S) groups is 1. The van der Waals surface area contributed by atoms with Crippen LogP contribution in [0.25, 0.3) is 10.9 Å². The lowest BCUT2D eigenvalue weighted by Crippen LogP contribution is -2.16. The van der Waals surface area contributed by atoms with E-state index < -0.39 is 0 Å². The maximum atomic E-state index is 5.11. The van der Waals surface area contributed by atoms with E-state index in [0.717, 1.165) is 20.9 Å². The SMILES string of the molecule is CSC(=S)NCc1c[nH]c2ccc(Br)cc12. The van der Waals surface area contributed by atoms with Crippen LogP contribution >= 0.6 is 39.9 Å². The molecule has 0 aliphatic rings. The van der Waals surface area contributed by atoms with Gasteiger partial charge in [0.15, 0.2) is 0 Å². The molecule has 2 nitrogen and oxygen atoms in total. The molecule has 1 aromatic carbocycles. The average Bonchev–Trinajstić information content (AvgIpc) is 2.68. The summed E-state index contributed by atoms with van der Waals surface area (Å²) in [5.41, 5.74) is 2.38. The van der Waals surface area contributed by atoms with Crippen LogP contribution in [0.15, 0.2) is 28.9 Å². The number of fused-ring (bicyclic) bond motifs is 1. The van der Waals surface area contributed by atoms with Gasteiger partial charge in [-0.2, -0.15) is 0 Å². The van der Waals surface area contributed by atoms with Crippen molar-refractivity contribution in [2.45, 2.75) is 6.54 Å². The zero-order valence-corrected chi connectivity index (χ0v) is 11.9. The van der Waals surface area contributed by atoms with E-state index in [1.54, 1.807) is 11.8 Å². The van der Waals surface area contributed by atoms with Gasteiger partial charge in [-0.1, -0.05) is 28.1 Å². The molecular formula is C11H11BrN2S2. The van der Waals surface area contributed by atoms with E-state index in [4.69, 9.17) is 12.2 Å². The zero-order chi connectivity index (χ0) is 11.5. The van der Waals surface area contributed by atoms with Crippen LogP contribution in [-0.2, 0) is 6.54 Å². The van der Waals surface area contributed by atoms with Gasteiger partial charge in [-0.15, -0.1) is 11.8 Å². The highest BCUT2D eigenvalue weighted by Gasteiger charge is 2.04. The Morgan fingerprint density at radius 1 is 1.56 bits per heavy atom. The summed E-state index contributed by atoms with van der Waals surface area (Å²) in [6.45, 7) is 0.760. The lowest BCUT2D eigenvalue weighted by molar-refractivity contribution is 0.948. The van der Waals surface area contributed by atoms with E-state index in [-0.39, 0.29) is 0 Å². The molecule has 2 N–H and O–H groups in total. The molecule has 2 aromatic rings. The quantitative estimate of drug-likeness (QED) is 0.828. The second kappa shape index (κ2) is 5.21. The van der Waals surface area contributed by atoms with Crippen LogP contribution in [0.2, 0.25) is 0 Å². The van der Waals surface area contributed by atoms with E-state index >= 15 is 0 Å². The number of hydrogen-bond acceptors (Lipinski definition) is 2. The van der Waals surface area contributed by atoms with E-state index in [1.165, 1.54) is 10.9 Å². The first-order valence-electron chi connectivity index (χ1n) is 4.78. The molecule has 0 fully saturated rings. The normalized spacial score (nSPS) is 10.6. The van der Waals surface area contributed by atoms with Gasteiger partial charge in [-0.05, 0) is 30.0 Å². The number of halogens is 1. The molecule has 0 spiro atoms. The first-order valence-corrected chi connectivity index (χ1v) is 7.20. The molecule has 16 heavy (non-hydrogen) atoms. The minimum Gasteiger partial charge on any atom is -0.367 e. The number of thioether (sulfide) groups is 1. The third-order valence-corrected chi connectivity index (χ3v) is 3.99. The number of rotatable bonds is 2. The molecule has 0 bridgehead atoms. The van der Waals surface area contributed by atoms with Crippen LogP contribution < -0.4 is 5.32 Å². The van der Waals surface area contributed by atoms with E-state index in [1.807, 2.05) is 18.5 Å². The Hall–Kier alpha value is -0.520. The van der Waals surface area contributed by atoms with Crippen molar-refractivity contribution in [3.05, 3.63) is 34.4 Å². The second-order valence-corrected chi connectivity index (χ2v) is 5.75. The topological polar surface area (TPSA) is 27.8 Å². The predicted molar refractivity (Wildman–Crippen MR) is 79.0 cm³/mol. The minimum atomic E-state index is 0.760. The second-order valence-electron chi connectivity index (χ2n) is 3.35. The summed E-state index contributed by atoms with van der Waals surface area (Å²) in [7, 11) is 0. The van der Waals surface area contributed by atoms with Gasteiger partial charge in [0.2, 0.25) is 0 Å². The van der Waals surface area contributed by atoms with Crippen LogP contribution in [0.3, 0.4) is 0 Å². The predicted octanol–water partition coefficient (Wildman–Crippen LogP) is 3.67. The van der Waals surface area contributed by atoms with Crippen LogP contribution in [-0.4, -0.2) is 15.6 Å². The third-order valence-electron chi connectivity index (χ3n) is 2.34. The van der Waals surface area contributed by atoms with Crippen LogP contribution in [0.4, 0.5) is 0 Å². The molecule has 0 amide bonds. The van der Waals surface area contributed by atoms with Gasteiger partial charge < -0.3 is 10.3 Å². The number of hydrogen-bond donors (Lipinski definition) is 2. The zero-order valence-electron chi connectivity index (χ0n) is 8.71. The van der Waals surface area contributed by atoms with E-state index in [2.05, 4.69) is 38.4 Å². The highest BCUT2D eigenvalue weighted by molar-refractivity contribution is 9.10. The summed E-state index contributed by atoms with van der Waals surface area (Å²) in [6.07, 6.45) is 3.99. The van der Waals surface area contributed by atoms with Crippen molar-refractivity contribution in [1.82, 2.24) is 10.3 Å². The number of H-pyrrole nitrogens is 1. The van der Waals surface area contributed by atoms with Gasteiger partial charge >= 0.3 is 0 Å². The molecule has 1 heterocycles. The average molecular weight is 315 g/mol. The Labute approximate surface area is 112 Å². The molecule has 0 atom stereocenters. The van der Waals surface area contributed by atoms with Gasteiger partial charge in [0, 0.05) is 28.1 Å². The van der Waals surface area contributed by atoms with Crippen molar-refractivity contribution in [1.29, 1.82) is 0 Å². The Bertz CT molecular complexity index is 522. The lowest BCUT2D eigenvalue weighted by Gasteiger charge is -2.04. The molecule has 5 heteroatoms. The van der Waals surface area contributed by atoms with Crippen LogP contribution in [0.1, 0.15) is 5.56 Å². The molecule has 0 saturated heterocycles. The molecule has 84 valence electrons. The van der Waals surface area contributed by atoms with Crippen molar-refractivity contribution in [2.75, 3.05) is 6.26 Å². The van der Waals surface area contributed by atoms with E-state index in [9.17, 15) is 0 Å². The number of aromatic amines is 1. The molecule has 0 saturated carbocycles. The fraction of sp³-hybridized carbons (Fsp3) is 0.182. The first-order chi connectivity index (χ1) is 7.70. The van der Waals surface area contributed by atoms with Gasteiger partial charge in [-0.25, -0.2) is 0 Å². The standard InChI is InChI=1S/C11H11BrN2S2/c1-16-11(15)14-6-7-5-13-10-3-2-8(12)4-9(7)10/h2-5,13H,6H2,1H3,(H,14,15). The van der Waals surface area contributed by atoms with Crippen LogP contribution in [0.5, 0.6) is 0 Å². The largest absolute Gasteiger partial charge is 0.367 e. The molecule has 0 radical (unpaired) electrons. The summed E-state index contributed by atoms with van der Waals surface area (Å²) in [4.78, 5) is 3.25. The number of aromatic nitrogens is 1. The summed E-state index contributed by atoms with van der Waals surface area (Å²) in [5, 5.41) is 4.43. The van der Waals surface area contributed by atoms with E-state index in [0.29, 0.717) is 0 Å². The van der Waals surface area contributed by atoms with Crippen LogP contribution in [0, 0.1) is 0 Å². The third kappa shape index (κ3) is 2.59. The number of benzene rings is 1. The molecule has 2 rings (SSSR count). The smallest absolute Gasteiger partial charge is 0.133 e. The summed E-state index contributed by atoms with van der Waals surface area (Å²) in [6, 6.07) is 6.21. The molecule has 1 aromatic heterocycles. The van der Waals surface area contributed by atoms with Gasteiger partial charge in [0.1, 0.15) is 4.32 Å². The Kier molecular flexibility index (Phi) is 3.89. The Morgan fingerprint density at radius 3 is 3.12 bits per heavy atom. The highest BCUT2D eigenvalue weighted by atomic mass is 79.9. The van der Waals surface area contributed by atoms with Gasteiger partial charge in [0.25, 0.3) is 0 Å². The first kappa shape index (κ1) is 12.0. The van der Waals surface area contributed by atoms with Crippen molar-refractivity contribution in [3.63, 3.8) is 0 Å².